The summed E-state index contributed by atoms with van der Waals surface area (Å²) in [6.45, 7) is 15.6. The van der Waals surface area contributed by atoms with Gasteiger partial charge < -0.3 is 23.8 Å². The first-order chi connectivity index (χ1) is 12.9. The van der Waals surface area contributed by atoms with Crippen LogP contribution < -0.4 is 0 Å². The van der Waals surface area contributed by atoms with Gasteiger partial charge in [-0.05, 0) is 61.0 Å². The van der Waals surface area contributed by atoms with Crippen molar-refractivity contribution >= 4 is 19.1 Å². The van der Waals surface area contributed by atoms with E-state index in [0.29, 0.717) is 24.5 Å². The Hall–Kier alpha value is -1.80. The van der Waals surface area contributed by atoms with Crippen LogP contribution in [0.1, 0.15) is 81.1 Å². The summed E-state index contributed by atoms with van der Waals surface area (Å²) in [4.78, 5) is 27.9. The molecule has 1 aromatic heterocycles. The van der Waals surface area contributed by atoms with Gasteiger partial charge in [0, 0.05) is 17.2 Å². The molecule has 0 aromatic carbocycles. The third-order valence-corrected chi connectivity index (χ3v) is 5.62. The van der Waals surface area contributed by atoms with E-state index in [1.165, 1.54) is 0 Å². The van der Waals surface area contributed by atoms with Crippen LogP contribution in [-0.2, 0) is 23.6 Å². The van der Waals surface area contributed by atoms with E-state index in [0.717, 1.165) is 11.3 Å². The second-order valence-corrected chi connectivity index (χ2v) is 8.12. The average Bonchev–Trinajstić information content (AvgIpc) is 2.97. The van der Waals surface area contributed by atoms with Crippen molar-refractivity contribution in [2.45, 2.75) is 78.8 Å². The average molecular weight is 393 g/mol. The van der Waals surface area contributed by atoms with Gasteiger partial charge in [0.25, 0.3) is 0 Å². The first-order valence-corrected chi connectivity index (χ1v) is 9.82. The lowest BCUT2D eigenvalue weighted by molar-refractivity contribution is -0.143. The minimum absolute atomic E-state index is 0.0771. The molecule has 1 fully saturated rings. The van der Waals surface area contributed by atoms with E-state index in [-0.39, 0.29) is 18.4 Å². The number of H-pyrrole nitrogens is 1. The molecular formula is C20H32BNO6. The summed E-state index contributed by atoms with van der Waals surface area (Å²) in [5.41, 5.74) is 1.57. The molecule has 1 atom stereocenters. The van der Waals surface area contributed by atoms with E-state index in [4.69, 9.17) is 18.8 Å². The fourth-order valence-corrected chi connectivity index (χ4v) is 3.44. The van der Waals surface area contributed by atoms with Crippen molar-refractivity contribution in [1.82, 2.24) is 4.98 Å². The molecule has 2 heterocycles. The summed E-state index contributed by atoms with van der Waals surface area (Å²) in [6, 6.07) is 0. The molecule has 0 saturated carbocycles. The maximum absolute atomic E-state index is 12.4. The van der Waals surface area contributed by atoms with E-state index in [9.17, 15) is 9.59 Å². The van der Waals surface area contributed by atoms with Crippen LogP contribution in [0.3, 0.4) is 0 Å². The molecule has 1 aromatic rings. The standard InChI is InChI=1S/C20H32BNO6/c1-9-25-15(23)11-14(21-27-19(5,6)20(7,8)28-21)17-12(3)16(13(4)22-17)18(24)26-10-2/h14,22H,9-11H2,1-8H3. The van der Waals surface area contributed by atoms with Gasteiger partial charge in [0.2, 0.25) is 0 Å². The Bertz CT molecular complexity index is 723. The number of aryl methyl sites for hydroxylation is 1. The van der Waals surface area contributed by atoms with Gasteiger partial charge in [-0.25, -0.2) is 4.79 Å². The predicted octanol–water partition coefficient (Wildman–Crippen LogP) is 3.48. The molecule has 28 heavy (non-hydrogen) atoms. The van der Waals surface area contributed by atoms with Crippen molar-refractivity contribution < 1.29 is 28.4 Å². The highest BCUT2D eigenvalue weighted by Gasteiger charge is 2.55. The van der Waals surface area contributed by atoms with Crippen molar-refractivity contribution in [3.63, 3.8) is 0 Å². The van der Waals surface area contributed by atoms with Crippen molar-refractivity contribution in [2.75, 3.05) is 13.2 Å². The van der Waals surface area contributed by atoms with Crippen LogP contribution in [0.4, 0.5) is 0 Å². The molecule has 1 N–H and O–H groups in total. The Kier molecular flexibility index (Phi) is 6.66. The Balaban J connectivity index is 2.45. The van der Waals surface area contributed by atoms with Gasteiger partial charge in [-0.2, -0.15) is 0 Å². The maximum Gasteiger partial charge on any atom is 0.467 e. The zero-order chi connectivity index (χ0) is 21.3. The lowest BCUT2D eigenvalue weighted by Crippen LogP contribution is -2.41. The van der Waals surface area contributed by atoms with Gasteiger partial charge in [0.1, 0.15) is 0 Å². The number of carbonyl (C=O) groups excluding carboxylic acids is 2. The Morgan fingerprint density at radius 1 is 1.04 bits per heavy atom. The molecule has 0 bridgehead atoms. The minimum atomic E-state index is -0.652. The van der Waals surface area contributed by atoms with Gasteiger partial charge in [-0.1, -0.05) is 0 Å². The van der Waals surface area contributed by atoms with Crippen LogP contribution in [0, 0.1) is 13.8 Å². The molecule has 7 nitrogen and oxygen atoms in total. The second-order valence-electron chi connectivity index (χ2n) is 8.12. The summed E-state index contributed by atoms with van der Waals surface area (Å²) >= 11 is 0. The number of hydrogen-bond donors (Lipinski definition) is 1. The van der Waals surface area contributed by atoms with E-state index in [2.05, 4.69) is 4.98 Å². The SMILES string of the molecule is CCOC(=O)CC(B1OC(C)(C)C(C)(C)O1)c1[nH]c(C)c(C(=O)OCC)c1C. The number of carbonyl (C=O) groups is 2. The van der Waals surface area contributed by atoms with Gasteiger partial charge in [-0.3, -0.25) is 4.79 Å². The number of rotatable bonds is 7. The van der Waals surface area contributed by atoms with Gasteiger partial charge in [0.15, 0.2) is 0 Å². The highest BCUT2D eigenvalue weighted by atomic mass is 16.7. The number of hydrogen-bond acceptors (Lipinski definition) is 6. The Morgan fingerprint density at radius 2 is 1.57 bits per heavy atom. The van der Waals surface area contributed by atoms with Crippen LogP contribution in [0.15, 0.2) is 0 Å². The Morgan fingerprint density at radius 3 is 2.07 bits per heavy atom. The summed E-state index contributed by atoms with van der Waals surface area (Å²) in [6.07, 6.45) is 0.0771. The van der Waals surface area contributed by atoms with Crippen LogP contribution in [-0.4, -0.2) is 48.5 Å². The molecule has 0 amide bonds. The first-order valence-electron chi connectivity index (χ1n) is 9.82. The normalized spacial score (nSPS) is 18.8. The van der Waals surface area contributed by atoms with E-state index in [1.54, 1.807) is 13.8 Å². The van der Waals surface area contributed by atoms with E-state index in [1.807, 2.05) is 41.5 Å². The summed E-state index contributed by atoms with van der Waals surface area (Å²) in [7, 11) is -0.652. The van der Waals surface area contributed by atoms with Gasteiger partial charge >= 0.3 is 19.1 Å². The predicted molar refractivity (Wildman–Crippen MR) is 106 cm³/mol. The molecule has 8 heteroatoms. The first kappa shape index (κ1) is 22.5. The monoisotopic (exact) mass is 393 g/mol. The lowest BCUT2D eigenvalue weighted by atomic mass is 9.67. The largest absolute Gasteiger partial charge is 0.467 e. The highest BCUT2D eigenvalue weighted by molar-refractivity contribution is 6.48. The van der Waals surface area contributed by atoms with Crippen LogP contribution in [0.25, 0.3) is 0 Å². The molecule has 2 rings (SSSR count). The minimum Gasteiger partial charge on any atom is -0.466 e. The topological polar surface area (TPSA) is 86.9 Å². The number of ether oxygens (including phenoxy) is 2. The molecule has 1 aliphatic rings. The van der Waals surface area contributed by atoms with Crippen LogP contribution in [0.2, 0.25) is 0 Å². The zero-order valence-corrected chi connectivity index (χ0v) is 18.2. The fourth-order valence-electron chi connectivity index (χ4n) is 3.44. The summed E-state index contributed by atoms with van der Waals surface area (Å²) in [5, 5.41) is 0. The molecule has 1 saturated heterocycles. The fraction of sp³-hybridized carbons (Fsp3) is 0.700. The number of aromatic amines is 1. The second kappa shape index (κ2) is 8.29. The van der Waals surface area contributed by atoms with Crippen molar-refractivity contribution in [1.29, 1.82) is 0 Å². The van der Waals surface area contributed by atoms with E-state index < -0.39 is 24.1 Å². The highest BCUT2D eigenvalue weighted by Crippen LogP contribution is 2.42. The van der Waals surface area contributed by atoms with Crippen LogP contribution in [0.5, 0.6) is 0 Å². The number of nitrogens with one attached hydrogen (secondary N) is 1. The van der Waals surface area contributed by atoms with Crippen LogP contribution >= 0.6 is 0 Å². The van der Waals surface area contributed by atoms with E-state index >= 15 is 0 Å². The molecule has 0 spiro atoms. The molecule has 156 valence electrons. The Labute approximate surface area is 167 Å². The van der Waals surface area contributed by atoms with Crippen molar-refractivity contribution in [3.05, 3.63) is 22.5 Å². The quantitative estimate of drug-likeness (QED) is 0.564. The third kappa shape index (κ3) is 4.28. The molecule has 0 aliphatic carbocycles. The lowest BCUT2D eigenvalue weighted by Gasteiger charge is -2.32. The molecular weight excluding hydrogens is 361 g/mol. The number of esters is 2. The molecule has 1 unspecified atom stereocenters. The third-order valence-electron chi connectivity index (χ3n) is 5.62. The van der Waals surface area contributed by atoms with Crippen molar-refractivity contribution in [3.8, 4) is 0 Å². The summed E-state index contributed by atoms with van der Waals surface area (Å²) < 4.78 is 22.8. The van der Waals surface area contributed by atoms with Crippen molar-refractivity contribution in [2.24, 2.45) is 0 Å². The van der Waals surface area contributed by atoms with Gasteiger partial charge in [-0.15, -0.1) is 0 Å². The zero-order valence-electron chi connectivity index (χ0n) is 18.2. The molecule has 0 radical (unpaired) electrons. The molecule has 1 aliphatic heterocycles. The summed E-state index contributed by atoms with van der Waals surface area (Å²) in [5.74, 6) is -1.17. The number of aromatic nitrogens is 1. The van der Waals surface area contributed by atoms with Gasteiger partial charge in [0.05, 0.1) is 36.4 Å². The maximum atomic E-state index is 12.4. The smallest absolute Gasteiger partial charge is 0.466 e.